The fourth-order valence-corrected chi connectivity index (χ4v) is 2.33. The van der Waals surface area contributed by atoms with Crippen LogP contribution in [0.1, 0.15) is 39.5 Å². The predicted octanol–water partition coefficient (Wildman–Crippen LogP) is 1.29. The molecule has 0 bridgehead atoms. The standard InChI is InChI=1S/C13H26N2O2/c1-13(2)6-4-10(5-7-13)9-15-12(16)11(8-14)17-3/h10-11H,4-9,14H2,1-3H3,(H,15,16). The van der Waals surface area contributed by atoms with Crippen molar-refractivity contribution in [1.82, 2.24) is 5.32 Å². The largest absolute Gasteiger partial charge is 0.370 e. The Morgan fingerprint density at radius 3 is 2.53 bits per heavy atom. The molecule has 1 aliphatic rings. The van der Waals surface area contributed by atoms with Crippen LogP contribution in [-0.4, -0.2) is 32.2 Å². The summed E-state index contributed by atoms with van der Waals surface area (Å²) in [5.74, 6) is 0.530. The van der Waals surface area contributed by atoms with Gasteiger partial charge >= 0.3 is 0 Å². The third kappa shape index (κ3) is 4.64. The lowest BCUT2D eigenvalue weighted by molar-refractivity contribution is -0.130. The van der Waals surface area contributed by atoms with Crippen LogP contribution in [0.2, 0.25) is 0 Å². The van der Waals surface area contributed by atoms with Gasteiger partial charge in [-0.1, -0.05) is 13.8 Å². The number of amides is 1. The number of hydrogen-bond donors (Lipinski definition) is 2. The third-order valence-electron chi connectivity index (χ3n) is 3.81. The minimum atomic E-state index is -0.505. The number of hydrogen-bond acceptors (Lipinski definition) is 3. The number of rotatable bonds is 5. The van der Waals surface area contributed by atoms with Gasteiger partial charge in [-0.05, 0) is 37.0 Å². The zero-order chi connectivity index (χ0) is 12.9. The Morgan fingerprint density at radius 1 is 1.47 bits per heavy atom. The molecule has 1 rings (SSSR count). The average molecular weight is 242 g/mol. The van der Waals surface area contributed by atoms with Gasteiger partial charge in [0.25, 0.3) is 0 Å². The first-order chi connectivity index (χ1) is 7.98. The van der Waals surface area contributed by atoms with E-state index in [0.717, 1.165) is 6.54 Å². The van der Waals surface area contributed by atoms with E-state index in [0.29, 0.717) is 11.3 Å². The molecule has 4 heteroatoms. The Balaban J connectivity index is 2.25. The normalized spacial score (nSPS) is 22.1. The van der Waals surface area contributed by atoms with Crippen LogP contribution in [0.25, 0.3) is 0 Å². The molecule has 1 amide bonds. The molecular formula is C13H26N2O2. The van der Waals surface area contributed by atoms with E-state index in [2.05, 4.69) is 19.2 Å². The first kappa shape index (κ1) is 14.5. The molecule has 17 heavy (non-hydrogen) atoms. The Hall–Kier alpha value is -0.610. The van der Waals surface area contributed by atoms with Crippen LogP contribution in [0.3, 0.4) is 0 Å². The molecule has 0 aromatic heterocycles. The second-order valence-electron chi connectivity index (χ2n) is 5.81. The highest BCUT2D eigenvalue weighted by Crippen LogP contribution is 2.37. The number of carbonyl (C=O) groups is 1. The molecule has 3 N–H and O–H groups in total. The van der Waals surface area contributed by atoms with E-state index >= 15 is 0 Å². The number of nitrogens with one attached hydrogen (secondary N) is 1. The van der Waals surface area contributed by atoms with E-state index in [4.69, 9.17) is 10.5 Å². The predicted molar refractivity (Wildman–Crippen MR) is 68.6 cm³/mol. The van der Waals surface area contributed by atoms with Crippen molar-refractivity contribution < 1.29 is 9.53 Å². The molecule has 1 atom stereocenters. The van der Waals surface area contributed by atoms with Crippen molar-refractivity contribution in [3.8, 4) is 0 Å². The molecule has 1 unspecified atom stereocenters. The molecule has 0 saturated heterocycles. The minimum Gasteiger partial charge on any atom is -0.370 e. The van der Waals surface area contributed by atoms with E-state index in [1.165, 1.54) is 32.8 Å². The van der Waals surface area contributed by atoms with Gasteiger partial charge in [-0.15, -0.1) is 0 Å². The highest BCUT2D eigenvalue weighted by atomic mass is 16.5. The molecule has 0 heterocycles. The van der Waals surface area contributed by atoms with E-state index in [1.807, 2.05) is 0 Å². The summed E-state index contributed by atoms with van der Waals surface area (Å²) < 4.78 is 5.00. The molecular weight excluding hydrogens is 216 g/mol. The molecule has 1 aliphatic carbocycles. The van der Waals surface area contributed by atoms with Gasteiger partial charge in [0.2, 0.25) is 5.91 Å². The molecule has 0 aliphatic heterocycles. The van der Waals surface area contributed by atoms with Gasteiger partial charge in [-0.3, -0.25) is 4.79 Å². The first-order valence-corrected chi connectivity index (χ1v) is 6.49. The minimum absolute atomic E-state index is 0.0835. The molecule has 0 spiro atoms. The topological polar surface area (TPSA) is 64.3 Å². The maximum Gasteiger partial charge on any atom is 0.250 e. The number of nitrogens with two attached hydrogens (primary N) is 1. The first-order valence-electron chi connectivity index (χ1n) is 6.49. The summed E-state index contributed by atoms with van der Waals surface area (Å²) in [5.41, 5.74) is 5.92. The summed E-state index contributed by atoms with van der Waals surface area (Å²) in [6.45, 7) is 5.63. The van der Waals surface area contributed by atoms with Crippen LogP contribution in [0.4, 0.5) is 0 Å². The molecule has 0 radical (unpaired) electrons. The average Bonchev–Trinajstić information content (AvgIpc) is 2.29. The quantitative estimate of drug-likeness (QED) is 0.763. The van der Waals surface area contributed by atoms with Crippen molar-refractivity contribution >= 4 is 5.91 Å². The lowest BCUT2D eigenvalue weighted by atomic mass is 9.73. The Kier molecular flexibility index (Phi) is 5.40. The zero-order valence-corrected chi connectivity index (χ0v) is 11.3. The number of carbonyl (C=O) groups excluding carboxylic acids is 1. The van der Waals surface area contributed by atoms with Crippen molar-refractivity contribution in [2.45, 2.75) is 45.6 Å². The number of methoxy groups -OCH3 is 1. The maximum absolute atomic E-state index is 11.7. The zero-order valence-electron chi connectivity index (χ0n) is 11.3. The monoisotopic (exact) mass is 242 g/mol. The van der Waals surface area contributed by atoms with Crippen molar-refractivity contribution in [1.29, 1.82) is 0 Å². The summed E-state index contributed by atoms with van der Waals surface area (Å²) in [5, 5.41) is 2.94. The summed E-state index contributed by atoms with van der Waals surface area (Å²) in [4.78, 5) is 11.7. The van der Waals surface area contributed by atoms with Crippen molar-refractivity contribution in [3.63, 3.8) is 0 Å². The van der Waals surface area contributed by atoms with E-state index < -0.39 is 6.10 Å². The van der Waals surface area contributed by atoms with Gasteiger partial charge in [0.15, 0.2) is 0 Å². The Bertz CT molecular complexity index is 240. The molecule has 4 nitrogen and oxygen atoms in total. The van der Waals surface area contributed by atoms with Gasteiger partial charge in [0, 0.05) is 20.2 Å². The molecule has 1 saturated carbocycles. The SMILES string of the molecule is COC(CN)C(=O)NCC1CCC(C)(C)CC1. The van der Waals surface area contributed by atoms with E-state index in [1.54, 1.807) is 0 Å². The highest BCUT2D eigenvalue weighted by molar-refractivity contribution is 5.80. The van der Waals surface area contributed by atoms with Crippen LogP contribution in [0, 0.1) is 11.3 Å². The summed E-state index contributed by atoms with van der Waals surface area (Å²) in [6.07, 6.45) is 4.40. The van der Waals surface area contributed by atoms with Crippen LogP contribution in [0.15, 0.2) is 0 Å². The Morgan fingerprint density at radius 2 is 2.06 bits per heavy atom. The van der Waals surface area contributed by atoms with Crippen LogP contribution < -0.4 is 11.1 Å². The molecule has 0 aromatic carbocycles. The lowest BCUT2D eigenvalue weighted by Gasteiger charge is -2.34. The van der Waals surface area contributed by atoms with Crippen LogP contribution in [-0.2, 0) is 9.53 Å². The molecule has 1 fully saturated rings. The third-order valence-corrected chi connectivity index (χ3v) is 3.81. The highest BCUT2D eigenvalue weighted by Gasteiger charge is 2.27. The van der Waals surface area contributed by atoms with Crippen molar-refractivity contribution in [2.75, 3.05) is 20.2 Å². The summed E-state index contributed by atoms with van der Waals surface area (Å²) in [7, 11) is 1.51. The fraction of sp³-hybridized carbons (Fsp3) is 0.923. The van der Waals surface area contributed by atoms with Gasteiger partial charge in [0.1, 0.15) is 6.10 Å². The van der Waals surface area contributed by atoms with Crippen LogP contribution in [0.5, 0.6) is 0 Å². The second kappa shape index (κ2) is 6.36. The van der Waals surface area contributed by atoms with Crippen molar-refractivity contribution in [3.05, 3.63) is 0 Å². The van der Waals surface area contributed by atoms with Gasteiger partial charge in [-0.25, -0.2) is 0 Å². The lowest BCUT2D eigenvalue weighted by Crippen LogP contribution is -2.43. The fourth-order valence-electron chi connectivity index (χ4n) is 2.33. The van der Waals surface area contributed by atoms with Gasteiger partial charge in [-0.2, -0.15) is 0 Å². The van der Waals surface area contributed by atoms with Crippen LogP contribution >= 0.6 is 0 Å². The smallest absolute Gasteiger partial charge is 0.250 e. The van der Waals surface area contributed by atoms with Crippen molar-refractivity contribution in [2.24, 2.45) is 17.1 Å². The molecule has 100 valence electrons. The second-order valence-corrected chi connectivity index (χ2v) is 5.81. The van der Waals surface area contributed by atoms with Gasteiger partial charge in [0.05, 0.1) is 0 Å². The van der Waals surface area contributed by atoms with E-state index in [-0.39, 0.29) is 12.5 Å². The summed E-state index contributed by atoms with van der Waals surface area (Å²) >= 11 is 0. The summed E-state index contributed by atoms with van der Waals surface area (Å²) in [6, 6.07) is 0. The van der Waals surface area contributed by atoms with E-state index in [9.17, 15) is 4.79 Å². The Labute approximate surface area is 104 Å². The molecule has 0 aromatic rings. The maximum atomic E-state index is 11.7. The van der Waals surface area contributed by atoms with Gasteiger partial charge < -0.3 is 15.8 Å². The number of ether oxygens (including phenoxy) is 1.